The van der Waals surface area contributed by atoms with Gasteiger partial charge in [0.25, 0.3) is 0 Å². The second kappa shape index (κ2) is 7.03. The van der Waals surface area contributed by atoms with Crippen LogP contribution in [0.4, 0.5) is 0 Å². The molecule has 0 bridgehead atoms. The molecular weight excluding hydrogens is 243 g/mol. The van der Waals surface area contributed by atoms with Gasteiger partial charge in [0.05, 0.1) is 0 Å². The first kappa shape index (κ1) is 14.5. The van der Waals surface area contributed by atoms with Crippen LogP contribution in [0.25, 0.3) is 0 Å². The van der Waals surface area contributed by atoms with Gasteiger partial charge in [-0.15, -0.1) is 0 Å². The molecule has 0 saturated carbocycles. The molecule has 0 aliphatic carbocycles. The standard InChI is InChI=1S/C9H12.C6H7O2P/c1-8(2)9-6-4-3-5-7-9;7-4-1-2-5(8)6(9)3-4/h3-8H,1-2H3;1-3,7-8H,9H2/p+1. The highest BCUT2D eigenvalue weighted by Crippen LogP contribution is 2.14. The first-order valence-electron chi connectivity index (χ1n) is 5.89. The fourth-order valence-electron chi connectivity index (χ4n) is 1.41. The van der Waals surface area contributed by atoms with Crippen molar-refractivity contribution in [1.82, 2.24) is 0 Å². The largest absolute Gasteiger partial charge is 0.508 e. The third-order valence-corrected chi connectivity index (χ3v) is 3.10. The third kappa shape index (κ3) is 4.77. The molecule has 0 amide bonds. The maximum absolute atomic E-state index is 8.94. The molecule has 0 aromatic heterocycles. The lowest BCUT2D eigenvalue weighted by molar-refractivity contribution is 0.464. The van der Waals surface area contributed by atoms with Gasteiger partial charge in [-0.3, -0.25) is 0 Å². The monoisotopic (exact) mass is 263 g/mol. The summed E-state index contributed by atoms with van der Waals surface area (Å²) in [6.07, 6.45) is 0. The van der Waals surface area contributed by atoms with E-state index in [2.05, 4.69) is 38.1 Å². The van der Waals surface area contributed by atoms with E-state index in [0.717, 1.165) is 5.30 Å². The van der Waals surface area contributed by atoms with Gasteiger partial charge in [0.2, 0.25) is 0 Å². The number of aromatic hydroxyl groups is 2. The fourth-order valence-corrected chi connectivity index (χ4v) is 1.74. The van der Waals surface area contributed by atoms with Gasteiger partial charge in [-0.25, -0.2) is 0 Å². The molecule has 96 valence electrons. The van der Waals surface area contributed by atoms with Gasteiger partial charge in [-0.1, -0.05) is 44.2 Å². The molecule has 0 heterocycles. The molecule has 2 aromatic rings. The Morgan fingerprint density at radius 2 is 1.56 bits per heavy atom. The first-order valence-corrected chi connectivity index (χ1v) is 6.60. The van der Waals surface area contributed by atoms with E-state index in [9.17, 15) is 0 Å². The van der Waals surface area contributed by atoms with Gasteiger partial charge in [0, 0.05) is 15.3 Å². The molecular formula is C15H20O2P+. The summed E-state index contributed by atoms with van der Waals surface area (Å²) in [7, 11) is 1.54. The lowest BCUT2D eigenvalue weighted by Gasteiger charge is -2.01. The Bertz CT molecular complexity index is 481. The van der Waals surface area contributed by atoms with Crippen molar-refractivity contribution in [3.05, 3.63) is 54.1 Å². The number of phenolic OH excluding ortho intramolecular Hbond substituents is 2. The maximum Gasteiger partial charge on any atom is 0.157 e. The second-order valence-electron chi connectivity index (χ2n) is 4.38. The first-order chi connectivity index (χ1) is 8.50. The summed E-state index contributed by atoms with van der Waals surface area (Å²) in [5.74, 6) is 1.08. The second-order valence-corrected chi connectivity index (χ2v) is 5.14. The summed E-state index contributed by atoms with van der Waals surface area (Å²) in [6.45, 7) is 4.41. The van der Waals surface area contributed by atoms with Crippen LogP contribution in [0.1, 0.15) is 25.3 Å². The molecule has 0 radical (unpaired) electrons. The van der Waals surface area contributed by atoms with E-state index in [0.29, 0.717) is 5.92 Å². The van der Waals surface area contributed by atoms with Gasteiger partial charge in [-0.2, -0.15) is 0 Å². The summed E-state index contributed by atoms with van der Waals surface area (Å²) in [5.41, 5.74) is 1.41. The van der Waals surface area contributed by atoms with Crippen molar-refractivity contribution in [2.24, 2.45) is 0 Å². The minimum absolute atomic E-state index is 0.192. The third-order valence-electron chi connectivity index (χ3n) is 2.53. The SMILES string of the molecule is CC(C)c1ccccc1.Oc1ccc(O)c([PH3+])c1. The quantitative estimate of drug-likeness (QED) is 0.613. The van der Waals surface area contributed by atoms with Crippen molar-refractivity contribution in [2.45, 2.75) is 19.8 Å². The summed E-state index contributed by atoms with van der Waals surface area (Å²) in [4.78, 5) is 0. The van der Waals surface area contributed by atoms with Gasteiger partial charge in [0.1, 0.15) is 11.1 Å². The Labute approximate surface area is 111 Å². The van der Waals surface area contributed by atoms with Crippen LogP contribution in [0.15, 0.2) is 48.5 Å². The molecule has 0 aliphatic rings. The number of hydrogen-bond acceptors (Lipinski definition) is 2. The molecule has 2 N–H and O–H groups in total. The van der Waals surface area contributed by atoms with Crippen molar-refractivity contribution in [3.63, 3.8) is 0 Å². The summed E-state index contributed by atoms with van der Waals surface area (Å²) in [5, 5.41) is 18.5. The zero-order valence-corrected chi connectivity index (χ0v) is 12.2. The number of benzene rings is 2. The average molecular weight is 263 g/mol. The molecule has 18 heavy (non-hydrogen) atoms. The van der Waals surface area contributed by atoms with Gasteiger partial charge < -0.3 is 10.2 Å². The minimum atomic E-state index is 0.192. The Morgan fingerprint density at radius 1 is 0.944 bits per heavy atom. The van der Waals surface area contributed by atoms with E-state index in [1.165, 1.54) is 33.0 Å². The van der Waals surface area contributed by atoms with Crippen LogP contribution in [0.3, 0.4) is 0 Å². The van der Waals surface area contributed by atoms with Crippen molar-refractivity contribution >= 4 is 14.5 Å². The Morgan fingerprint density at radius 3 is 1.94 bits per heavy atom. The fraction of sp³-hybridized carbons (Fsp3) is 0.200. The minimum Gasteiger partial charge on any atom is -0.508 e. The highest BCUT2D eigenvalue weighted by atomic mass is 31.0. The highest BCUT2D eigenvalue weighted by molar-refractivity contribution is 7.27. The molecule has 2 aromatic carbocycles. The zero-order valence-electron chi connectivity index (χ0n) is 10.8. The van der Waals surface area contributed by atoms with Crippen LogP contribution >= 0.6 is 9.24 Å². The summed E-state index contributed by atoms with van der Waals surface area (Å²) >= 11 is 0. The van der Waals surface area contributed by atoms with Gasteiger partial charge >= 0.3 is 0 Å². The lowest BCUT2D eigenvalue weighted by Crippen LogP contribution is -1.88. The predicted molar refractivity (Wildman–Crippen MR) is 81.0 cm³/mol. The van der Waals surface area contributed by atoms with E-state index in [-0.39, 0.29) is 11.5 Å². The van der Waals surface area contributed by atoms with Gasteiger partial charge in [-0.05, 0) is 23.6 Å². The summed E-state index contributed by atoms with van der Waals surface area (Å²) < 4.78 is 0. The highest BCUT2D eigenvalue weighted by Gasteiger charge is 1.98. The summed E-state index contributed by atoms with van der Waals surface area (Å²) in [6, 6.07) is 15.0. The van der Waals surface area contributed by atoms with E-state index in [1.807, 2.05) is 6.07 Å². The molecule has 1 unspecified atom stereocenters. The predicted octanol–water partition coefficient (Wildman–Crippen LogP) is 3.14. The van der Waals surface area contributed by atoms with Crippen molar-refractivity contribution < 1.29 is 10.2 Å². The van der Waals surface area contributed by atoms with Crippen LogP contribution in [-0.4, -0.2) is 10.2 Å². The Hall–Kier alpha value is -1.53. The normalized spacial score (nSPS) is 9.94. The van der Waals surface area contributed by atoms with Crippen LogP contribution < -0.4 is 5.30 Å². The van der Waals surface area contributed by atoms with Crippen molar-refractivity contribution in [3.8, 4) is 11.5 Å². The van der Waals surface area contributed by atoms with E-state index in [4.69, 9.17) is 10.2 Å². The van der Waals surface area contributed by atoms with Gasteiger partial charge in [0.15, 0.2) is 5.75 Å². The van der Waals surface area contributed by atoms with Crippen molar-refractivity contribution in [2.75, 3.05) is 0 Å². The van der Waals surface area contributed by atoms with Crippen LogP contribution in [-0.2, 0) is 0 Å². The Balaban J connectivity index is 0.000000180. The smallest absolute Gasteiger partial charge is 0.157 e. The maximum atomic E-state index is 8.94. The number of phenols is 2. The Kier molecular flexibility index (Phi) is 5.67. The van der Waals surface area contributed by atoms with Crippen LogP contribution in [0, 0.1) is 0 Å². The number of hydrogen-bond donors (Lipinski definition) is 2. The molecule has 0 saturated heterocycles. The average Bonchev–Trinajstić information content (AvgIpc) is 2.36. The molecule has 0 fully saturated rings. The van der Waals surface area contributed by atoms with E-state index < -0.39 is 0 Å². The lowest BCUT2D eigenvalue weighted by atomic mass is 10.0. The van der Waals surface area contributed by atoms with Crippen molar-refractivity contribution in [1.29, 1.82) is 0 Å². The molecule has 0 aliphatic heterocycles. The molecule has 2 nitrogen and oxygen atoms in total. The van der Waals surface area contributed by atoms with Crippen LogP contribution in [0.5, 0.6) is 11.5 Å². The van der Waals surface area contributed by atoms with Crippen LogP contribution in [0.2, 0.25) is 0 Å². The number of rotatable bonds is 1. The zero-order chi connectivity index (χ0) is 13.5. The van der Waals surface area contributed by atoms with E-state index >= 15 is 0 Å². The molecule has 0 spiro atoms. The molecule has 1 atom stereocenters. The molecule has 3 heteroatoms. The topological polar surface area (TPSA) is 40.5 Å². The van der Waals surface area contributed by atoms with E-state index in [1.54, 1.807) is 0 Å². The molecule has 2 rings (SSSR count).